The molecule has 2 unspecified atom stereocenters. The summed E-state index contributed by atoms with van der Waals surface area (Å²) in [7, 11) is 0. The van der Waals surface area contributed by atoms with E-state index in [2.05, 4.69) is 34.2 Å². The second-order valence-corrected chi connectivity index (χ2v) is 8.79. The van der Waals surface area contributed by atoms with Gasteiger partial charge in [0.15, 0.2) is 0 Å². The molecular weight excluding hydrogens is 389 g/mol. The van der Waals surface area contributed by atoms with Crippen LogP contribution in [0.4, 0.5) is 0 Å². The molecule has 0 bridgehead atoms. The van der Waals surface area contributed by atoms with E-state index in [1.54, 1.807) is 0 Å². The molecule has 2 aromatic rings. The van der Waals surface area contributed by atoms with Crippen molar-refractivity contribution in [3.8, 4) is 0 Å². The summed E-state index contributed by atoms with van der Waals surface area (Å²) in [5.74, 6) is 0. The molecule has 1 aromatic heterocycles. The van der Waals surface area contributed by atoms with Gasteiger partial charge >= 0.3 is 0 Å². The maximum atomic E-state index is 6.32. The van der Waals surface area contributed by atoms with E-state index < -0.39 is 0 Å². The monoisotopic (exact) mass is 403 g/mol. The van der Waals surface area contributed by atoms with Gasteiger partial charge in [-0.3, -0.25) is 0 Å². The molecule has 1 aromatic carbocycles. The van der Waals surface area contributed by atoms with Gasteiger partial charge in [-0.15, -0.1) is 11.3 Å². The lowest BCUT2D eigenvalue weighted by molar-refractivity contribution is 0.418. The fourth-order valence-corrected chi connectivity index (χ4v) is 5.33. The first-order valence-corrected chi connectivity index (χ1v) is 9.40. The molecule has 1 heterocycles. The number of aryl methyl sites for hydroxylation is 1. The molecule has 0 saturated heterocycles. The molecule has 0 fully saturated rings. The zero-order valence-corrected chi connectivity index (χ0v) is 15.5. The molecule has 0 spiro atoms. The fourth-order valence-electron chi connectivity index (χ4n) is 2.94. The molecular formula is C16H16BrCl2NS. The maximum Gasteiger partial charge on any atom is 0.0704 e. The van der Waals surface area contributed by atoms with E-state index in [4.69, 9.17) is 23.2 Å². The van der Waals surface area contributed by atoms with Crippen LogP contribution in [-0.4, -0.2) is 0 Å². The van der Waals surface area contributed by atoms with Crippen LogP contribution in [0.5, 0.6) is 0 Å². The van der Waals surface area contributed by atoms with E-state index >= 15 is 0 Å². The average Bonchev–Trinajstić information content (AvgIpc) is 2.80. The Kier molecular flexibility index (Phi) is 4.97. The van der Waals surface area contributed by atoms with Crippen molar-refractivity contribution in [2.45, 2.75) is 38.3 Å². The van der Waals surface area contributed by atoms with Crippen molar-refractivity contribution in [1.82, 2.24) is 5.32 Å². The highest BCUT2D eigenvalue weighted by atomic mass is 79.9. The number of nitrogens with one attached hydrogen (secondary N) is 1. The predicted molar refractivity (Wildman–Crippen MR) is 95.7 cm³/mol. The minimum Gasteiger partial charge on any atom is -0.303 e. The minimum absolute atomic E-state index is 0.199. The zero-order valence-electron chi connectivity index (χ0n) is 11.6. The largest absolute Gasteiger partial charge is 0.303 e. The number of halogens is 3. The second-order valence-electron chi connectivity index (χ2n) is 5.43. The third-order valence-corrected chi connectivity index (χ3v) is 6.24. The fraction of sp³-hybridized carbons (Fsp3) is 0.375. The first-order chi connectivity index (χ1) is 10.0. The summed E-state index contributed by atoms with van der Waals surface area (Å²) in [6, 6.07) is 8.57. The Morgan fingerprint density at radius 2 is 2.14 bits per heavy atom. The van der Waals surface area contributed by atoms with Crippen LogP contribution >= 0.6 is 50.5 Å². The highest BCUT2D eigenvalue weighted by Crippen LogP contribution is 2.39. The van der Waals surface area contributed by atoms with Crippen LogP contribution in [0.3, 0.4) is 0 Å². The van der Waals surface area contributed by atoms with Crippen molar-refractivity contribution in [1.29, 1.82) is 0 Å². The minimum atomic E-state index is 0.199. The van der Waals surface area contributed by atoms with E-state index in [-0.39, 0.29) is 6.04 Å². The Labute approximate surface area is 147 Å². The summed E-state index contributed by atoms with van der Waals surface area (Å²) in [6.45, 7) is 2.16. The van der Waals surface area contributed by atoms with Crippen LogP contribution in [0.15, 0.2) is 28.1 Å². The predicted octanol–water partition coefficient (Wildman–Crippen LogP) is 6.55. The summed E-state index contributed by atoms with van der Waals surface area (Å²) in [6.07, 6.45) is 3.60. The van der Waals surface area contributed by atoms with Gasteiger partial charge in [0.1, 0.15) is 0 Å². The van der Waals surface area contributed by atoms with E-state index in [0.717, 1.165) is 10.6 Å². The molecule has 112 valence electrons. The van der Waals surface area contributed by atoms with E-state index in [1.807, 2.05) is 29.5 Å². The molecule has 1 N–H and O–H groups in total. The summed E-state index contributed by atoms with van der Waals surface area (Å²) in [5.41, 5.74) is 2.54. The molecule has 0 amide bonds. The van der Waals surface area contributed by atoms with Gasteiger partial charge < -0.3 is 5.32 Å². The average molecular weight is 405 g/mol. The van der Waals surface area contributed by atoms with Gasteiger partial charge in [-0.1, -0.05) is 29.3 Å². The van der Waals surface area contributed by atoms with Gasteiger partial charge in [0.25, 0.3) is 0 Å². The summed E-state index contributed by atoms with van der Waals surface area (Å²) in [5, 5.41) is 5.13. The van der Waals surface area contributed by atoms with Crippen LogP contribution in [0.2, 0.25) is 10.0 Å². The van der Waals surface area contributed by atoms with E-state index in [1.165, 1.54) is 33.5 Å². The van der Waals surface area contributed by atoms with Gasteiger partial charge in [0.2, 0.25) is 0 Å². The Morgan fingerprint density at radius 3 is 2.90 bits per heavy atom. The Morgan fingerprint density at radius 1 is 1.33 bits per heavy atom. The lowest BCUT2D eigenvalue weighted by Gasteiger charge is -2.27. The number of rotatable bonds is 3. The van der Waals surface area contributed by atoms with Gasteiger partial charge in [-0.05, 0) is 71.4 Å². The molecule has 2 atom stereocenters. The Bertz CT molecular complexity index is 656. The van der Waals surface area contributed by atoms with Gasteiger partial charge in [0.05, 0.1) is 3.79 Å². The molecule has 1 aliphatic carbocycles. The van der Waals surface area contributed by atoms with Crippen LogP contribution < -0.4 is 5.32 Å². The molecule has 1 aliphatic rings. The molecule has 0 radical (unpaired) electrons. The van der Waals surface area contributed by atoms with Gasteiger partial charge in [-0.2, -0.15) is 0 Å². The lowest BCUT2D eigenvalue weighted by Crippen LogP contribution is -2.27. The van der Waals surface area contributed by atoms with E-state index in [0.29, 0.717) is 11.1 Å². The van der Waals surface area contributed by atoms with Crippen molar-refractivity contribution >= 4 is 50.5 Å². The van der Waals surface area contributed by atoms with Crippen molar-refractivity contribution in [3.05, 3.63) is 54.1 Å². The first-order valence-electron chi connectivity index (χ1n) is 7.03. The van der Waals surface area contributed by atoms with Gasteiger partial charge in [0, 0.05) is 27.0 Å². The molecule has 3 rings (SSSR count). The Balaban J connectivity index is 1.80. The SMILES string of the molecule is CC(NC1CCCc2sc(Br)cc21)c1ccc(Cl)cc1Cl. The van der Waals surface area contributed by atoms with Crippen molar-refractivity contribution < 1.29 is 0 Å². The van der Waals surface area contributed by atoms with Crippen molar-refractivity contribution in [2.75, 3.05) is 0 Å². The zero-order chi connectivity index (χ0) is 15.0. The molecule has 1 nitrogen and oxygen atoms in total. The quantitative estimate of drug-likeness (QED) is 0.611. The molecule has 21 heavy (non-hydrogen) atoms. The third kappa shape index (κ3) is 3.48. The molecule has 0 saturated carbocycles. The van der Waals surface area contributed by atoms with Crippen LogP contribution in [-0.2, 0) is 6.42 Å². The van der Waals surface area contributed by atoms with Crippen molar-refractivity contribution in [3.63, 3.8) is 0 Å². The number of fused-ring (bicyclic) bond motifs is 1. The normalized spacial score (nSPS) is 19.3. The third-order valence-electron chi connectivity index (χ3n) is 3.96. The molecule has 5 heteroatoms. The molecule has 0 aliphatic heterocycles. The summed E-state index contributed by atoms with van der Waals surface area (Å²) >= 11 is 17.8. The van der Waals surface area contributed by atoms with Crippen LogP contribution in [0.1, 0.15) is 47.9 Å². The number of thiophene rings is 1. The van der Waals surface area contributed by atoms with Crippen LogP contribution in [0.25, 0.3) is 0 Å². The number of benzene rings is 1. The lowest BCUT2D eigenvalue weighted by atomic mass is 9.93. The highest BCUT2D eigenvalue weighted by Gasteiger charge is 2.24. The number of hydrogen-bond acceptors (Lipinski definition) is 2. The first kappa shape index (κ1) is 15.8. The van der Waals surface area contributed by atoms with Crippen molar-refractivity contribution in [2.24, 2.45) is 0 Å². The van der Waals surface area contributed by atoms with Crippen LogP contribution in [0, 0.1) is 0 Å². The van der Waals surface area contributed by atoms with Gasteiger partial charge in [-0.25, -0.2) is 0 Å². The highest BCUT2D eigenvalue weighted by molar-refractivity contribution is 9.11. The maximum absolute atomic E-state index is 6.32. The topological polar surface area (TPSA) is 12.0 Å². The summed E-state index contributed by atoms with van der Waals surface area (Å²) in [4.78, 5) is 1.50. The summed E-state index contributed by atoms with van der Waals surface area (Å²) < 4.78 is 1.22. The second kappa shape index (κ2) is 6.59. The smallest absolute Gasteiger partial charge is 0.0704 e. The standard InChI is InChI=1S/C16H16BrCl2NS/c1-9(11-6-5-10(18)7-13(11)19)20-14-3-2-4-15-12(14)8-16(17)21-15/h5-9,14,20H,2-4H2,1H3. The Hall–Kier alpha value is -0.0600. The van der Waals surface area contributed by atoms with E-state index in [9.17, 15) is 0 Å². The number of hydrogen-bond donors (Lipinski definition) is 1.